The predicted molar refractivity (Wildman–Crippen MR) is 92.6 cm³/mol. The summed E-state index contributed by atoms with van der Waals surface area (Å²) in [6, 6.07) is 11.9. The molecule has 0 bridgehead atoms. The summed E-state index contributed by atoms with van der Waals surface area (Å²) < 4.78 is 0. The standard InChI is InChI=1S/C17H30N2S/c1-5-18-17(16-9-7-6-8-10-16)11-13-19(3)15(2)12-14-20-4/h6-10,15,17-18H,5,11-14H2,1-4H3. The third-order valence-electron chi connectivity index (χ3n) is 3.92. The first-order valence-corrected chi connectivity index (χ1v) is 9.05. The topological polar surface area (TPSA) is 15.3 Å². The molecule has 1 aromatic rings. The number of hydrogen-bond acceptors (Lipinski definition) is 3. The van der Waals surface area contributed by atoms with Gasteiger partial charge in [-0.25, -0.2) is 0 Å². The van der Waals surface area contributed by atoms with Crippen molar-refractivity contribution in [2.75, 3.05) is 32.1 Å². The highest BCUT2D eigenvalue weighted by Gasteiger charge is 2.13. The van der Waals surface area contributed by atoms with E-state index in [4.69, 9.17) is 0 Å². The van der Waals surface area contributed by atoms with Gasteiger partial charge >= 0.3 is 0 Å². The minimum atomic E-state index is 0.469. The quantitative estimate of drug-likeness (QED) is 0.706. The molecule has 0 aromatic heterocycles. The van der Waals surface area contributed by atoms with E-state index in [1.807, 2.05) is 11.8 Å². The van der Waals surface area contributed by atoms with Crippen molar-refractivity contribution in [2.45, 2.75) is 38.8 Å². The fourth-order valence-corrected chi connectivity index (χ4v) is 2.96. The lowest BCUT2D eigenvalue weighted by molar-refractivity contribution is 0.239. The summed E-state index contributed by atoms with van der Waals surface area (Å²) in [5.41, 5.74) is 1.40. The highest BCUT2D eigenvalue weighted by atomic mass is 32.2. The van der Waals surface area contributed by atoms with Gasteiger partial charge in [-0.15, -0.1) is 0 Å². The Hall–Kier alpha value is -0.510. The molecule has 2 atom stereocenters. The van der Waals surface area contributed by atoms with Gasteiger partial charge in [0.1, 0.15) is 0 Å². The van der Waals surface area contributed by atoms with Gasteiger partial charge in [0, 0.05) is 12.1 Å². The minimum absolute atomic E-state index is 0.469. The second kappa shape index (κ2) is 10.3. The summed E-state index contributed by atoms with van der Waals surface area (Å²) in [5, 5.41) is 3.61. The van der Waals surface area contributed by atoms with E-state index in [1.165, 1.54) is 17.7 Å². The van der Waals surface area contributed by atoms with Crippen LogP contribution in [-0.2, 0) is 0 Å². The summed E-state index contributed by atoms with van der Waals surface area (Å²) in [5.74, 6) is 1.25. The van der Waals surface area contributed by atoms with Crippen molar-refractivity contribution in [1.29, 1.82) is 0 Å². The van der Waals surface area contributed by atoms with Crippen molar-refractivity contribution in [3.8, 4) is 0 Å². The van der Waals surface area contributed by atoms with Crippen LogP contribution in [0.2, 0.25) is 0 Å². The summed E-state index contributed by atoms with van der Waals surface area (Å²) in [4.78, 5) is 2.49. The van der Waals surface area contributed by atoms with Gasteiger partial charge in [0.25, 0.3) is 0 Å². The first-order valence-electron chi connectivity index (χ1n) is 7.66. The maximum absolute atomic E-state index is 3.61. The number of hydrogen-bond donors (Lipinski definition) is 1. The van der Waals surface area contributed by atoms with E-state index in [0.717, 1.165) is 19.5 Å². The van der Waals surface area contributed by atoms with Gasteiger partial charge in [-0.2, -0.15) is 11.8 Å². The van der Waals surface area contributed by atoms with E-state index in [2.05, 4.69) is 67.7 Å². The zero-order valence-electron chi connectivity index (χ0n) is 13.4. The molecule has 0 amide bonds. The number of rotatable bonds is 10. The van der Waals surface area contributed by atoms with Crippen molar-refractivity contribution in [3.63, 3.8) is 0 Å². The molecule has 0 heterocycles. The lowest BCUT2D eigenvalue weighted by Crippen LogP contribution is -2.33. The van der Waals surface area contributed by atoms with Gasteiger partial charge in [0.2, 0.25) is 0 Å². The second-order valence-corrected chi connectivity index (χ2v) is 6.41. The average Bonchev–Trinajstić information content (AvgIpc) is 2.49. The lowest BCUT2D eigenvalue weighted by atomic mass is 10.0. The summed E-state index contributed by atoms with van der Waals surface area (Å²) >= 11 is 1.94. The van der Waals surface area contributed by atoms with Crippen LogP contribution in [0.3, 0.4) is 0 Å². The lowest BCUT2D eigenvalue weighted by Gasteiger charge is -2.27. The van der Waals surface area contributed by atoms with Crippen molar-refractivity contribution < 1.29 is 0 Å². The Bertz CT molecular complexity index is 342. The third-order valence-corrected chi connectivity index (χ3v) is 4.56. The number of benzene rings is 1. The zero-order valence-corrected chi connectivity index (χ0v) is 14.2. The minimum Gasteiger partial charge on any atom is -0.310 e. The van der Waals surface area contributed by atoms with Gasteiger partial charge in [0.05, 0.1) is 0 Å². The number of nitrogens with one attached hydrogen (secondary N) is 1. The molecule has 0 aliphatic rings. The summed E-state index contributed by atoms with van der Waals surface area (Å²) in [7, 11) is 2.25. The molecular formula is C17H30N2S. The molecule has 3 heteroatoms. The Morgan fingerprint density at radius 3 is 2.50 bits per heavy atom. The van der Waals surface area contributed by atoms with Crippen LogP contribution < -0.4 is 5.32 Å². The van der Waals surface area contributed by atoms with Gasteiger partial charge < -0.3 is 10.2 Å². The fraction of sp³-hybridized carbons (Fsp3) is 0.647. The second-order valence-electron chi connectivity index (χ2n) is 5.42. The van der Waals surface area contributed by atoms with E-state index < -0.39 is 0 Å². The van der Waals surface area contributed by atoms with Crippen molar-refractivity contribution in [3.05, 3.63) is 35.9 Å². The summed E-state index contributed by atoms with van der Waals surface area (Å²) in [6.45, 7) is 6.68. The first-order chi connectivity index (χ1) is 9.69. The molecule has 0 aliphatic carbocycles. The van der Waals surface area contributed by atoms with Crippen LogP contribution in [0.5, 0.6) is 0 Å². The Kier molecular flexibility index (Phi) is 8.99. The Morgan fingerprint density at radius 1 is 1.20 bits per heavy atom. The van der Waals surface area contributed by atoms with Gasteiger partial charge in [0.15, 0.2) is 0 Å². The Balaban J connectivity index is 2.46. The van der Waals surface area contributed by atoms with E-state index in [-0.39, 0.29) is 0 Å². The third kappa shape index (κ3) is 6.29. The highest BCUT2D eigenvalue weighted by Crippen LogP contribution is 2.17. The van der Waals surface area contributed by atoms with E-state index in [1.54, 1.807) is 0 Å². The molecule has 0 aliphatic heterocycles. The molecule has 0 fully saturated rings. The van der Waals surface area contributed by atoms with Crippen LogP contribution in [0.1, 0.15) is 38.3 Å². The molecule has 20 heavy (non-hydrogen) atoms. The van der Waals surface area contributed by atoms with Crippen LogP contribution in [0.25, 0.3) is 0 Å². The molecule has 1 rings (SSSR count). The van der Waals surface area contributed by atoms with Crippen LogP contribution >= 0.6 is 11.8 Å². The smallest absolute Gasteiger partial charge is 0.0332 e. The van der Waals surface area contributed by atoms with Crippen molar-refractivity contribution in [1.82, 2.24) is 10.2 Å². The average molecular weight is 295 g/mol. The van der Waals surface area contributed by atoms with Gasteiger partial charge in [-0.05, 0) is 57.5 Å². The molecule has 1 N–H and O–H groups in total. The van der Waals surface area contributed by atoms with E-state index in [0.29, 0.717) is 12.1 Å². The maximum Gasteiger partial charge on any atom is 0.0332 e. The molecule has 2 unspecified atom stereocenters. The Morgan fingerprint density at radius 2 is 1.90 bits per heavy atom. The van der Waals surface area contributed by atoms with Crippen LogP contribution in [0.4, 0.5) is 0 Å². The largest absolute Gasteiger partial charge is 0.310 e. The van der Waals surface area contributed by atoms with Gasteiger partial charge in [-0.3, -0.25) is 0 Å². The first kappa shape index (κ1) is 17.5. The molecular weight excluding hydrogens is 264 g/mol. The Labute approximate surface area is 129 Å². The summed E-state index contributed by atoms with van der Waals surface area (Å²) in [6.07, 6.45) is 4.62. The van der Waals surface area contributed by atoms with Crippen LogP contribution in [-0.4, -0.2) is 43.1 Å². The van der Waals surface area contributed by atoms with Gasteiger partial charge in [-0.1, -0.05) is 37.3 Å². The molecule has 0 saturated heterocycles. The molecule has 2 nitrogen and oxygen atoms in total. The monoisotopic (exact) mass is 294 g/mol. The van der Waals surface area contributed by atoms with E-state index >= 15 is 0 Å². The molecule has 1 aromatic carbocycles. The molecule has 0 saturated carbocycles. The van der Waals surface area contributed by atoms with Crippen molar-refractivity contribution >= 4 is 11.8 Å². The highest BCUT2D eigenvalue weighted by molar-refractivity contribution is 7.98. The van der Waals surface area contributed by atoms with E-state index in [9.17, 15) is 0 Å². The zero-order chi connectivity index (χ0) is 14.8. The van der Waals surface area contributed by atoms with Crippen LogP contribution in [0, 0.1) is 0 Å². The SMILES string of the molecule is CCNC(CCN(C)C(C)CCSC)c1ccccc1. The normalized spacial score (nSPS) is 14.4. The number of nitrogens with zero attached hydrogens (tertiary/aromatic N) is 1. The molecule has 114 valence electrons. The predicted octanol–water partition coefficient (Wildman–Crippen LogP) is 3.80. The number of thioether (sulfide) groups is 1. The fourth-order valence-electron chi connectivity index (χ4n) is 2.38. The molecule has 0 spiro atoms. The van der Waals surface area contributed by atoms with Crippen LogP contribution in [0.15, 0.2) is 30.3 Å². The molecule has 0 radical (unpaired) electrons. The van der Waals surface area contributed by atoms with Crippen molar-refractivity contribution in [2.24, 2.45) is 0 Å². The maximum atomic E-state index is 3.61.